The van der Waals surface area contributed by atoms with Gasteiger partial charge in [0, 0.05) is 20.0 Å². The van der Waals surface area contributed by atoms with Crippen molar-refractivity contribution in [3.8, 4) is 5.75 Å². The van der Waals surface area contributed by atoms with Crippen LogP contribution in [0.5, 0.6) is 5.75 Å². The molecule has 0 spiro atoms. The van der Waals surface area contributed by atoms with E-state index >= 15 is 0 Å². The van der Waals surface area contributed by atoms with Gasteiger partial charge in [0.1, 0.15) is 11.5 Å². The first-order valence-corrected chi connectivity index (χ1v) is 7.12. The first kappa shape index (κ1) is 16.5. The summed E-state index contributed by atoms with van der Waals surface area (Å²) in [6, 6.07) is 6.91. The number of carbonyl (C=O) groups is 2. The molecule has 0 aliphatic heterocycles. The second-order valence-corrected chi connectivity index (χ2v) is 4.97. The molecule has 0 fully saturated rings. The predicted molar refractivity (Wildman–Crippen MR) is 81.3 cm³/mol. The van der Waals surface area contributed by atoms with E-state index in [4.69, 9.17) is 14.3 Å². The number of aromatic nitrogens is 1. The summed E-state index contributed by atoms with van der Waals surface area (Å²) in [6.07, 6.45) is 1.87. The van der Waals surface area contributed by atoms with Gasteiger partial charge in [0.2, 0.25) is 0 Å². The van der Waals surface area contributed by atoms with Crippen molar-refractivity contribution < 1.29 is 23.8 Å². The van der Waals surface area contributed by atoms with Gasteiger partial charge in [0.25, 0.3) is 5.91 Å². The maximum absolute atomic E-state index is 12.3. The summed E-state index contributed by atoms with van der Waals surface area (Å²) in [5.41, 5.74) is 1.22. The smallest absolute Gasteiger partial charge is 0.341 e. The highest BCUT2D eigenvalue weighted by Crippen LogP contribution is 2.15. The molecule has 0 atom stereocenters. The summed E-state index contributed by atoms with van der Waals surface area (Å²) in [5, 5.41) is 8.56. The molecule has 23 heavy (non-hydrogen) atoms. The molecular formula is C16H18N2O5. The Bertz CT molecular complexity index is 678. The molecular weight excluding hydrogens is 300 g/mol. The van der Waals surface area contributed by atoms with Gasteiger partial charge in [-0.15, -0.1) is 0 Å². The molecule has 0 aliphatic rings. The Kier molecular flexibility index (Phi) is 5.35. The van der Waals surface area contributed by atoms with E-state index in [0.717, 1.165) is 5.56 Å². The van der Waals surface area contributed by atoms with Crippen LogP contribution in [-0.2, 0) is 17.8 Å². The number of amides is 1. The molecule has 2 aromatic rings. The van der Waals surface area contributed by atoms with E-state index in [0.29, 0.717) is 30.2 Å². The Hall–Kier alpha value is -2.83. The molecule has 1 amide bonds. The van der Waals surface area contributed by atoms with Gasteiger partial charge >= 0.3 is 5.97 Å². The quantitative estimate of drug-likeness (QED) is 0.839. The van der Waals surface area contributed by atoms with Crippen LogP contribution in [-0.4, -0.2) is 40.5 Å². The number of carboxylic acids is 1. The van der Waals surface area contributed by atoms with Crippen LogP contribution in [0, 0.1) is 0 Å². The highest BCUT2D eigenvalue weighted by molar-refractivity contribution is 5.93. The number of carboxylic acid groups (broad SMARTS) is 1. The van der Waals surface area contributed by atoms with Crippen molar-refractivity contribution >= 4 is 11.9 Å². The zero-order valence-corrected chi connectivity index (χ0v) is 13.0. The fraction of sp³-hybridized carbons (Fsp3) is 0.312. The first-order valence-electron chi connectivity index (χ1n) is 7.12. The van der Waals surface area contributed by atoms with Crippen LogP contribution in [0.25, 0.3) is 0 Å². The minimum Gasteiger partial charge on any atom is -0.482 e. The maximum atomic E-state index is 12.3. The lowest BCUT2D eigenvalue weighted by molar-refractivity contribution is -0.139. The Morgan fingerprint density at radius 1 is 1.30 bits per heavy atom. The molecule has 0 bridgehead atoms. The monoisotopic (exact) mass is 318 g/mol. The summed E-state index contributed by atoms with van der Waals surface area (Å²) < 4.78 is 10.2. The number of ether oxygens (including phenoxy) is 1. The molecule has 1 N–H and O–H groups in total. The number of aliphatic carboxylic acids is 1. The number of rotatable bonds is 7. The van der Waals surface area contributed by atoms with Gasteiger partial charge in [0.15, 0.2) is 18.7 Å². The molecule has 0 saturated heterocycles. The zero-order valence-electron chi connectivity index (χ0n) is 13.0. The van der Waals surface area contributed by atoms with Crippen molar-refractivity contribution in [2.24, 2.45) is 0 Å². The standard InChI is InChI=1S/C16H18N2O5/c1-3-13-15(17-10-23-13)16(21)18(2)8-11-4-6-12(7-5-11)22-9-14(19)20/h4-7,10H,3,8-9H2,1-2H3,(H,19,20). The summed E-state index contributed by atoms with van der Waals surface area (Å²) >= 11 is 0. The van der Waals surface area contributed by atoms with E-state index in [9.17, 15) is 9.59 Å². The van der Waals surface area contributed by atoms with Crippen molar-refractivity contribution in [2.75, 3.05) is 13.7 Å². The molecule has 0 unspecified atom stereocenters. The average Bonchev–Trinajstić information content (AvgIpc) is 3.01. The summed E-state index contributed by atoms with van der Waals surface area (Å²) in [7, 11) is 1.69. The predicted octanol–water partition coefficient (Wildman–Crippen LogP) is 1.97. The lowest BCUT2D eigenvalue weighted by atomic mass is 10.2. The first-order chi connectivity index (χ1) is 11.0. The molecule has 0 aliphatic carbocycles. The zero-order chi connectivity index (χ0) is 16.8. The molecule has 122 valence electrons. The van der Waals surface area contributed by atoms with Gasteiger partial charge in [-0.2, -0.15) is 0 Å². The minimum absolute atomic E-state index is 0.207. The van der Waals surface area contributed by atoms with Crippen LogP contribution in [0.15, 0.2) is 35.1 Å². The fourth-order valence-electron chi connectivity index (χ4n) is 2.06. The van der Waals surface area contributed by atoms with E-state index in [2.05, 4.69) is 4.98 Å². The minimum atomic E-state index is -1.03. The summed E-state index contributed by atoms with van der Waals surface area (Å²) in [4.78, 5) is 28.3. The topological polar surface area (TPSA) is 92.9 Å². The second-order valence-electron chi connectivity index (χ2n) is 4.97. The number of carbonyl (C=O) groups excluding carboxylic acids is 1. The molecule has 0 radical (unpaired) electrons. The van der Waals surface area contributed by atoms with Crippen molar-refractivity contribution in [1.82, 2.24) is 9.88 Å². The second kappa shape index (κ2) is 7.44. The fourth-order valence-corrected chi connectivity index (χ4v) is 2.06. The van der Waals surface area contributed by atoms with E-state index in [1.54, 1.807) is 36.2 Å². The largest absolute Gasteiger partial charge is 0.482 e. The SMILES string of the molecule is CCc1ocnc1C(=O)N(C)Cc1ccc(OCC(=O)O)cc1. The Balaban J connectivity index is 1.98. The number of aryl methyl sites for hydroxylation is 1. The maximum Gasteiger partial charge on any atom is 0.341 e. The third kappa shape index (κ3) is 4.32. The van der Waals surface area contributed by atoms with Gasteiger partial charge < -0.3 is 19.2 Å². The van der Waals surface area contributed by atoms with E-state index < -0.39 is 5.97 Å². The van der Waals surface area contributed by atoms with Crippen LogP contribution < -0.4 is 4.74 Å². The molecule has 2 rings (SSSR count). The van der Waals surface area contributed by atoms with E-state index in [1.807, 2.05) is 6.92 Å². The van der Waals surface area contributed by atoms with Crippen LogP contribution >= 0.6 is 0 Å². The third-order valence-electron chi connectivity index (χ3n) is 3.22. The highest BCUT2D eigenvalue weighted by atomic mass is 16.5. The number of hydrogen-bond acceptors (Lipinski definition) is 5. The van der Waals surface area contributed by atoms with Gasteiger partial charge in [-0.1, -0.05) is 19.1 Å². The Morgan fingerprint density at radius 3 is 2.61 bits per heavy atom. The van der Waals surface area contributed by atoms with Gasteiger partial charge in [0.05, 0.1) is 0 Å². The van der Waals surface area contributed by atoms with E-state index in [1.165, 1.54) is 6.39 Å². The lowest BCUT2D eigenvalue weighted by Gasteiger charge is -2.16. The summed E-state index contributed by atoms with van der Waals surface area (Å²) in [6.45, 7) is 1.91. The number of benzene rings is 1. The normalized spacial score (nSPS) is 10.3. The molecule has 7 heteroatoms. The number of oxazole rings is 1. The van der Waals surface area contributed by atoms with Crippen molar-refractivity contribution in [1.29, 1.82) is 0 Å². The lowest BCUT2D eigenvalue weighted by Crippen LogP contribution is -2.27. The van der Waals surface area contributed by atoms with Crippen LogP contribution in [0.1, 0.15) is 28.7 Å². The highest BCUT2D eigenvalue weighted by Gasteiger charge is 2.19. The molecule has 1 heterocycles. The van der Waals surface area contributed by atoms with Gasteiger partial charge in [-0.25, -0.2) is 9.78 Å². The van der Waals surface area contributed by atoms with Crippen LogP contribution in [0.3, 0.4) is 0 Å². The van der Waals surface area contributed by atoms with Gasteiger partial charge in [-0.05, 0) is 17.7 Å². The van der Waals surface area contributed by atoms with Gasteiger partial charge in [-0.3, -0.25) is 4.79 Å². The molecule has 0 saturated carbocycles. The van der Waals surface area contributed by atoms with Crippen molar-refractivity contribution in [2.45, 2.75) is 19.9 Å². The number of nitrogens with zero attached hydrogens (tertiary/aromatic N) is 2. The molecule has 1 aromatic carbocycles. The third-order valence-corrected chi connectivity index (χ3v) is 3.22. The van der Waals surface area contributed by atoms with Crippen LogP contribution in [0.2, 0.25) is 0 Å². The summed E-state index contributed by atoms with van der Waals surface area (Å²) in [5.74, 6) is -0.199. The Labute approximate surface area is 133 Å². The molecule has 7 nitrogen and oxygen atoms in total. The van der Waals surface area contributed by atoms with Crippen molar-refractivity contribution in [3.63, 3.8) is 0 Å². The van der Waals surface area contributed by atoms with Crippen LogP contribution in [0.4, 0.5) is 0 Å². The Morgan fingerprint density at radius 2 is 2.00 bits per heavy atom. The number of hydrogen-bond donors (Lipinski definition) is 1. The average molecular weight is 318 g/mol. The van der Waals surface area contributed by atoms with Crippen molar-refractivity contribution in [3.05, 3.63) is 47.7 Å². The van der Waals surface area contributed by atoms with E-state index in [-0.39, 0.29) is 12.5 Å². The molecule has 1 aromatic heterocycles.